The van der Waals surface area contributed by atoms with Crippen LogP contribution in [0.4, 0.5) is 4.39 Å². The molecule has 1 amide bonds. The SMILES string of the molecule is CC(C)(Sc1ccc(Cl)cc1)C(=O)NCCc1cccc(F)c1. The molecule has 5 heteroatoms. The summed E-state index contributed by atoms with van der Waals surface area (Å²) >= 11 is 7.35. The van der Waals surface area contributed by atoms with Crippen LogP contribution in [-0.2, 0) is 11.2 Å². The van der Waals surface area contributed by atoms with E-state index in [9.17, 15) is 9.18 Å². The first kappa shape index (κ1) is 17.8. The second kappa shape index (κ2) is 7.84. The second-order valence-electron chi connectivity index (χ2n) is 5.70. The van der Waals surface area contributed by atoms with Gasteiger partial charge in [0.1, 0.15) is 5.82 Å². The highest BCUT2D eigenvalue weighted by molar-refractivity contribution is 8.01. The third-order valence-corrected chi connectivity index (χ3v) is 4.78. The van der Waals surface area contributed by atoms with E-state index in [0.717, 1.165) is 10.5 Å². The molecule has 23 heavy (non-hydrogen) atoms. The van der Waals surface area contributed by atoms with Crippen molar-refractivity contribution in [3.63, 3.8) is 0 Å². The second-order valence-corrected chi connectivity index (χ2v) is 7.83. The van der Waals surface area contributed by atoms with Crippen molar-refractivity contribution >= 4 is 29.3 Å². The van der Waals surface area contributed by atoms with E-state index in [4.69, 9.17) is 11.6 Å². The molecule has 0 bridgehead atoms. The zero-order valence-electron chi connectivity index (χ0n) is 13.1. The summed E-state index contributed by atoms with van der Waals surface area (Å²) in [7, 11) is 0. The van der Waals surface area contributed by atoms with Crippen molar-refractivity contribution in [3.05, 3.63) is 64.9 Å². The fourth-order valence-electron chi connectivity index (χ4n) is 2.07. The van der Waals surface area contributed by atoms with Crippen LogP contribution in [0.15, 0.2) is 53.4 Å². The van der Waals surface area contributed by atoms with Crippen molar-refractivity contribution in [3.8, 4) is 0 Å². The molecule has 0 spiro atoms. The maximum atomic E-state index is 13.1. The summed E-state index contributed by atoms with van der Waals surface area (Å²) in [5.41, 5.74) is 0.869. The Hall–Kier alpha value is -1.52. The molecule has 2 aromatic carbocycles. The highest BCUT2D eigenvalue weighted by Gasteiger charge is 2.28. The summed E-state index contributed by atoms with van der Waals surface area (Å²) in [6.07, 6.45) is 0.602. The van der Waals surface area contributed by atoms with E-state index in [1.165, 1.54) is 23.9 Å². The molecule has 2 nitrogen and oxygen atoms in total. The topological polar surface area (TPSA) is 29.1 Å². The number of rotatable bonds is 6. The first-order chi connectivity index (χ1) is 10.9. The summed E-state index contributed by atoms with van der Waals surface area (Å²) in [4.78, 5) is 13.3. The number of carbonyl (C=O) groups excluding carboxylic acids is 1. The smallest absolute Gasteiger partial charge is 0.236 e. The van der Waals surface area contributed by atoms with Gasteiger partial charge >= 0.3 is 0 Å². The molecule has 0 atom stereocenters. The minimum atomic E-state index is -0.601. The lowest BCUT2D eigenvalue weighted by Gasteiger charge is -2.23. The first-order valence-electron chi connectivity index (χ1n) is 7.34. The molecule has 0 aliphatic carbocycles. The number of halogens is 2. The largest absolute Gasteiger partial charge is 0.355 e. The molecule has 0 saturated carbocycles. The van der Waals surface area contributed by atoms with Gasteiger partial charge in [0.05, 0.1) is 4.75 Å². The molecular weight excluding hydrogens is 333 g/mol. The number of thioether (sulfide) groups is 1. The summed E-state index contributed by atoms with van der Waals surface area (Å²) in [6.45, 7) is 4.24. The predicted molar refractivity (Wildman–Crippen MR) is 94.5 cm³/mol. The number of carbonyl (C=O) groups is 1. The van der Waals surface area contributed by atoms with Crippen LogP contribution in [0.2, 0.25) is 5.02 Å². The lowest BCUT2D eigenvalue weighted by Crippen LogP contribution is -2.40. The Morgan fingerprint density at radius 1 is 1.22 bits per heavy atom. The molecule has 0 heterocycles. The van der Waals surface area contributed by atoms with Gasteiger partial charge in [-0.25, -0.2) is 4.39 Å². The van der Waals surface area contributed by atoms with E-state index < -0.39 is 4.75 Å². The Bertz CT molecular complexity index is 673. The van der Waals surface area contributed by atoms with Crippen molar-refractivity contribution in [1.29, 1.82) is 0 Å². The normalized spacial score (nSPS) is 11.3. The maximum Gasteiger partial charge on any atom is 0.236 e. The van der Waals surface area contributed by atoms with Crippen LogP contribution in [0, 0.1) is 5.82 Å². The number of hydrogen-bond donors (Lipinski definition) is 1. The lowest BCUT2D eigenvalue weighted by atomic mass is 10.1. The molecule has 0 unspecified atom stereocenters. The third kappa shape index (κ3) is 5.56. The van der Waals surface area contributed by atoms with Gasteiger partial charge < -0.3 is 5.32 Å². The molecule has 0 aromatic heterocycles. The highest BCUT2D eigenvalue weighted by Crippen LogP contribution is 2.33. The Kier molecular flexibility index (Phi) is 6.08. The summed E-state index contributed by atoms with van der Waals surface area (Å²) in [6, 6.07) is 13.8. The van der Waals surface area contributed by atoms with E-state index in [2.05, 4.69) is 5.32 Å². The third-order valence-electron chi connectivity index (χ3n) is 3.32. The average molecular weight is 352 g/mol. The van der Waals surface area contributed by atoms with Gasteiger partial charge in [0.2, 0.25) is 5.91 Å². The zero-order chi connectivity index (χ0) is 16.9. The molecule has 0 radical (unpaired) electrons. The number of amides is 1. The van der Waals surface area contributed by atoms with Crippen LogP contribution < -0.4 is 5.32 Å². The van der Waals surface area contributed by atoms with Crippen LogP contribution in [0.1, 0.15) is 19.4 Å². The number of hydrogen-bond acceptors (Lipinski definition) is 2. The fraction of sp³-hybridized carbons (Fsp3) is 0.278. The quantitative estimate of drug-likeness (QED) is 0.764. The van der Waals surface area contributed by atoms with Gasteiger partial charge in [-0.15, -0.1) is 11.8 Å². The average Bonchev–Trinajstić information content (AvgIpc) is 2.49. The Balaban J connectivity index is 1.87. The molecule has 122 valence electrons. The molecule has 0 aliphatic heterocycles. The number of benzene rings is 2. The maximum absolute atomic E-state index is 13.1. The van der Waals surface area contributed by atoms with E-state index >= 15 is 0 Å². The van der Waals surface area contributed by atoms with Gasteiger partial charge in [-0.1, -0.05) is 23.7 Å². The molecule has 0 saturated heterocycles. The Labute approximate surface area is 145 Å². The fourth-order valence-corrected chi connectivity index (χ4v) is 3.22. The van der Waals surface area contributed by atoms with Crippen LogP contribution in [0.25, 0.3) is 0 Å². The van der Waals surface area contributed by atoms with Crippen LogP contribution >= 0.6 is 23.4 Å². The first-order valence-corrected chi connectivity index (χ1v) is 8.53. The zero-order valence-corrected chi connectivity index (χ0v) is 14.7. The minimum Gasteiger partial charge on any atom is -0.355 e. The van der Waals surface area contributed by atoms with Gasteiger partial charge in [0.25, 0.3) is 0 Å². The predicted octanol–water partition coefficient (Wildman–Crippen LogP) is 4.71. The van der Waals surface area contributed by atoms with Gasteiger partial charge in [-0.05, 0) is 62.2 Å². The summed E-state index contributed by atoms with van der Waals surface area (Å²) in [5, 5.41) is 3.59. The van der Waals surface area contributed by atoms with E-state index in [1.807, 2.05) is 44.2 Å². The Morgan fingerprint density at radius 2 is 1.91 bits per heavy atom. The molecule has 0 fully saturated rings. The monoisotopic (exact) mass is 351 g/mol. The molecule has 0 aliphatic rings. The molecule has 1 N–H and O–H groups in total. The van der Waals surface area contributed by atoms with E-state index in [1.54, 1.807) is 6.07 Å². The van der Waals surface area contributed by atoms with Crippen molar-refractivity contribution in [1.82, 2.24) is 5.32 Å². The van der Waals surface area contributed by atoms with Gasteiger partial charge in [0, 0.05) is 16.5 Å². The van der Waals surface area contributed by atoms with Crippen LogP contribution in [-0.4, -0.2) is 17.2 Å². The standard InChI is InChI=1S/C18H19ClFNOS/c1-18(2,23-16-8-6-14(19)7-9-16)17(22)21-11-10-13-4-3-5-15(20)12-13/h3-9,12H,10-11H2,1-2H3,(H,21,22). The van der Waals surface area contributed by atoms with Crippen LogP contribution in [0.5, 0.6) is 0 Å². The molecule has 2 rings (SSSR count). The number of nitrogens with one attached hydrogen (secondary N) is 1. The Morgan fingerprint density at radius 3 is 2.57 bits per heavy atom. The molecule has 2 aromatic rings. The van der Waals surface area contributed by atoms with E-state index in [-0.39, 0.29) is 11.7 Å². The highest BCUT2D eigenvalue weighted by atomic mass is 35.5. The minimum absolute atomic E-state index is 0.0474. The summed E-state index contributed by atoms with van der Waals surface area (Å²) < 4.78 is 12.5. The van der Waals surface area contributed by atoms with Crippen molar-refractivity contribution in [2.45, 2.75) is 29.9 Å². The van der Waals surface area contributed by atoms with Gasteiger partial charge in [-0.3, -0.25) is 4.79 Å². The lowest BCUT2D eigenvalue weighted by molar-refractivity contribution is -0.122. The van der Waals surface area contributed by atoms with Crippen molar-refractivity contribution in [2.24, 2.45) is 0 Å². The van der Waals surface area contributed by atoms with Crippen LogP contribution in [0.3, 0.4) is 0 Å². The van der Waals surface area contributed by atoms with Crippen molar-refractivity contribution < 1.29 is 9.18 Å². The van der Waals surface area contributed by atoms with Gasteiger partial charge in [-0.2, -0.15) is 0 Å². The van der Waals surface area contributed by atoms with E-state index in [0.29, 0.717) is 18.0 Å². The summed E-state index contributed by atoms with van der Waals surface area (Å²) in [5.74, 6) is -0.304. The van der Waals surface area contributed by atoms with Gasteiger partial charge in [0.15, 0.2) is 0 Å². The molecular formula is C18H19ClFNOS. The van der Waals surface area contributed by atoms with Crippen molar-refractivity contribution in [2.75, 3.05) is 6.54 Å².